The Kier molecular flexibility index (Phi) is 4.87. The van der Waals surface area contributed by atoms with Crippen LogP contribution in [0.25, 0.3) is 0 Å². The molecule has 1 amide bonds. The predicted octanol–water partition coefficient (Wildman–Crippen LogP) is 1.89. The molecule has 0 aliphatic rings. The number of nitriles is 1. The highest BCUT2D eigenvalue weighted by Crippen LogP contribution is 2.17. The van der Waals surface area contributed by atoms with Crippen LogP contribution in [0.4, 0.5) is 5.69 Å². The number of carbonyl (C=O) groups excluding carboxylic acids is 1. The first-order valence-corrected chi connectivity index (χ1v) is 6.04. The Morgan fingerprint density at radius 3 is 2.78 bits per heavy atom. The van der Waals surface area contributed by atoms with Gasteiger partial charge >= 0.3 is 0 Å². The topological polar surface area (TPSA) is 70.1 Å². The summed E-state index contributed by atoms with van der Waals surface area (Å²) in [6, 6.07) is 8.48. The predicted molar refractivity (Wildman–Crippen MR) is 72.0 cm³/mol. The highest BCUT2D eigenvalue weighted by atomic mass is 16.2. The van der Waals surface area contributed by atoms with E-state index in [-0.39, 0.29) is 11.8 Å². The Morgan fingerprint density at radius 1 is 1.56 bits per heavy atom. The van der Waals surface area contributed by atoms with Gasteiger partial charge in [0.1, 0.15) is 0 Å². The fraction of sp³-hybridized carbons (Fsp3) is 0.429. The van der Waals surface area contributed by atoms with E-state index in [0.717, 1.165) is 6.42 Å². The van der Waals surface area contributed by atoms with E-state index in [1.165, 1.54) is 4.90 Å². The molecule has 4 nitrogen and oxygen atoms in total. The number of amides is 1. The minimum atomic E-state index is -0.509. The quantitative estimate of drug-likeness (QED) is 0.880. The Labute approximate surface area is 108 Å². The molecule has 0 aliphatic heterocycles. The number of likely N-dealkylation sites (N-methyl/N-ethyl adjacent to an activating group) is 1. The van der Waals surface area contributed by atoms with Crippen LogP contribution in [-0.4, -0.2) is 19.0 Å². The van der Waals surface area contributed by atoms with Gasteiger partial charge in [0.25, 0.3) is 0 Å². The van der Waals surface area contributed by atoms with Crippen LogP contribution < -0.4 is 10.6 Å². The molecule has 0 saturated carbocycles. The van der Waals surface area contributed by atoms with E-state index in [1.54, 1.807) is 31.3 Å². The average Bonchev–Trinajstić information content (AvgIpc) is 2.43. The molecule has 2 unspecified atom stereocenters. The van der Waals surface area contributed by atoms with Crippen LogP contribution >= 0.6 is 0 Å². The number of nitrogens with zero attached hydrogens (tertiary/aromatic N) is 2. The summed E-state index contributed by atoms with van der Waals surface area (Å²) in [6.07, 6.45) is 0.860. The van der Waals surface area contributed by atoms with E-state index in [2.05, 4.69) is 6.07 Å². The van der Waals surface area contributed by atoms with E-state index in [1.807, 2.05) is 13.8 Å². The summed E-state index contributed by atoms with van der Waals surface area (Å²) < 4.78 is 0. The lowest BCUT2D eigenvalue weighted by Crippen LogP contribution is -2.45. The van der Waals surface area contributed by atoms with E-state index < -0.39 is 6.04 Å². The SMILES string of the molecule is CCC(C)C(N)C(=O)N(C)c1cccc(C#N)c1. The molecular formula is C14H19N3O. The molecule has 1 aromatic carbocycles. The summed E-state index contributed by atoms with van der Waals surface area (Å²) in [6.45, 7) is 3.97. The first kappa shape index (κ1) is 14.2. The maximum Gasteiger partial charge on any atom is 0.243 e. The number of benzene rings is 1. The minimum absolute atomic E-state index is 0.126. The lowest BCUT2D eigenvalue weighted by molar-refractivity contribution is -0.120. The van der Waals surface area contributed by atoms with Crippen molar-refractivity contribution in [3.8, 4) is 6.07 Å². The monoisotopic (exact) mass is 245 g/mol. The van der Waals surface area contributed by atoms with Crippen molar-refractivity contribution >= 4 is 11.6 Å². The van der Waals surface area contributed by atoms with Crippen LogP contribution in [0, 0.1) is 17.2 Å². The van der Waals surface area contributed by atoms with Crippen LogP contribution in [0.15, 0.2) is 24.3 Å². The number of hydrogen-bond acceptors (Lipinski definition) is 3. The smallest absolute Gasteiger partial charge is 0.243 e. The zero-order valence-corrected chi connectivity index (χ0v) is 11.1. The molecule has 0 saturated heterocycles. The molecule has 2 atom stereocenters. The fourth-order valence-electron chi connectivity index (χ4n) is 1.63. The van der Waals surface area contributed by atoms with Gasteiger partial charge in [-0.2, -0.15) is 5.26 Å². The molecule has 1 aromatic rings. The Balaban J connectivity index is 2.89. The van der Waals surface area contributed by atoms with E-state index in [4.69, 9.17) is 11.0 Å². The molecular weight excluding hydrogens is 226 g/mol. The summed E-state index contributed by atoms with van der Waals surface area (Å²) in [5.41, 5.74) is 7.15. The molecule has 0 bridgehead atoms. The molecule has 0 fully saturated rings. The van der Waals surface area contributed by atoms with Crippen LogP contribution in [0.1, 0.15) is 25.8 Å². The van der Waals surface area contributed by atoms with Crippen molar-refractivity contribution in [2.45, 2.75) is 26.3 Å². The first-order valence-electron chi connectivity index (χ1n) is 6.04. The zero-order valence-electron chi connectivity index (χ0n) is 11.1. The molecule has 0 aromatic heterocycles. The zero-order chi connectivity index (χ0) is 13.7. The summed E-state index contributed by atoms with van der Waals surface area (Å²) in [4.78, 5) is 13.7. The first-order chi connectivity index (χ1) is 8.51. The van der Waals surface area contributed by atoms with Gasteiger partial charge in [0.2, 0.25) is 5.91 Å². The third kappa shape index (κ3) is 3.08. The summed E-state index contributed by atoms with van der Waals surface area (Å²) in [5, 5.41) is 8.84. The molecule has 0 radical (unpaired) electrons. The molecule has 2 N–H and O–H groups in total. The molecule has 96 valence electrons. The normalized spacial score (nSPS) is 13.5. The van der Waals surface area contributed by atoms with Gasteiger partial charge < -0.3 is 10.6 Å². The van der Waals surface area contributed by atoms with Crippen molar-refractivity contribution in [1.29, 1.82) is 5.26 Å². The average molecular weight is 245 g/mol. The van der Waals surface area contributed by atoms with Gasteiger partial charge in [-0.1, -0.05) is 26.3 Å². The third-order valence-corrected chi connectivity index (χ3v) is 3.24. The van der Waals surface area contributed by atoms with Crippen LogP contribution in [0.3, 0.4) is 0 Å². The summed E-state index contributed by atoms with van der Waals surface area (Å²) >= 11 is 0. The molecule has 0 spiro atoms. The van der Waals surface area contributed by atoms with Crippen LogP contribution in [0.2, 0.25) is 0 Å². The maximum atomic E-state index is 12.2. The number of hydrogen-bond donors (Lipinski definition) is 1. The Bertz CT molecular complexity index is 464. The Morgan fingerprint density at radius 2 is 2.22 bits per heavy atom. The van der Waals surface area contributed by atoms with Crippen molar-refractivity contribution in [3.05, 3.63) is 29.8 Å². The molecule has 4 heteroatoms. The Hall–Kier alpha value is -1.86. The largest absolute Gasteiger partial charge is 0.320 e. The van der Waals surface area contributed by atoms with Gasteiger partial charge in [-0.15, -0.1) is 0 Å². The van der Waals surface area contributed by atoms with Gasteiger partial charge in [-0.3, -0.25) is 4.79 Å². The van der Waals surface area contributed by atoms with Crippen molar-refractivity contribution < 1.29 is 4.79 Å². The summed E-state index contributed by atoms with van der Waals surface area (Å²) in [7, 11) is 1.68. The van der Waals surface area contributed by atoms with E-state index in [9.17, 15) is 4.79 Å². The van der Waals surface area contributed by atoms with E-state index >= 15 is 0 Å². The maximum absolute atomic E-state index is 12.2. The number of anilines is 1. The molecule has 0 heterocycles. The number of rotatable bonds is 4. The lowest BCUT2D eigenvalue weighted by Gasteiger charge is -2.24. The van der Waals surface area contributed by atoms with Gasteiger partial charge in [-0.25, -0.2) is 0 Å². The van der Waals surface area contributed by atoms with Crippen LogP contribution in [0.5, 0.6) is 0 Å². The minimum Gasteiger partial charge on any atom is -0.320 e. The van der Waals surface area contributed by atoms with Crippen molar-refractivity contribution in [2.75, 3.05) is 11.9 Å². The highest BCUT2D eigenvalue weighted by Gasteiger charge is 2.23. The highest BCUT2D eigenvalue weighted by molar-refractivity contribution is 5.96. The lowest BCUT2D eigenvalue weighted by atomic mass is 9.99. The second-order valence-corrected chi connectivity index (χ2v) is 4.47. The van der Waals surface area contributed by atoms with Gasteiger partial charge in [-0.05, 0) is 24.1 Å². The molecule has 0 aliphatic carbocycles. The van der Waals surface area contributed by atoms with Gasteiger partial charge in [0, 0.05) is 12.7 Å². The van der Waals surface area contributed by atoms with Crippen molar-refractivity contribution in [2.24, 2.45) is 11.7 Å². The third-order valence-electron chi connectivity index (χ3n) is 3.24. The van der Waals surface area contributed by atoms with Crippen LogP contribution in [-0.2, 0) is 4.79 Å². The molecule has 1 rings (SSSR count). The fourth-order valence-corrected chi connectivity index (χ4v) is 1.63. The second-order valence-electron chi connectivity index (χ2n) is 4.47. The van der Waals surface area contributed by atoms with Crippen molar-refractivity contribution in [1.82, 2.24) is 0 Å². The summed E-state index contributed by atoms with van der Waals surface area (Å²) in [5.74, 6) is 0.0125. The number of nitrogens with two attached hydrogens (primary N) is 1. The van der Waals surface area contributed by atoms with Gasteiger partial charge in [0.05, 0.1) is 17.7 Å². The number of carbonyl (C=O) groups is 1. The van der Waals surface area contributed by atoms with E-state index in [0.29, 0.717) is 11.3 Å². The second kappa shape index (κ2) is 6.18. The molecule has 18 heavy (non-hydrogen) atoms. The van der Waals surface area contributed by atoms with Crippen molar-refractivity contribution in [3.63, 3.8) is 0 Å². The van der Waals surface area contributed by atoms with Gasteiger partial charge in [0.15, 0.2) is 0 Å². The standard InChI is InChI=1S/C14H19N3O/c1-4-10(2)13(16)14(18)17(3)12-7-5-6-11(8-12)9-15/h5-8,10,13H,4,16H2,1-3H3.